The minimum Gasteiger partial charge on any atom is -0.364 e. The van der Waals surface area contributed by atoms with Crippen molar-refractivity contribution < 1.29 is 13.2 Å². The number of aliphatic imine (C=N–C) groups is 1. The van der Waals surface area contributed by atoms with Crippen LogP contribution in [0.4, 0.5) is 0 Å². The summed E-state index contributed by atoms with van der Waals surface area (Å²) in [5.74, 6) is -0.190. The maximum Gasteiger partial charge on any atom is 0.274 e. The predicted molar refractivity (Wildman–Crippen MR) is 88.8 cm³/mol. The molecule has 1 aliphatic rings. The molecule has 3 rings (SSSR count). The van der Waals surface area contributed by atoms with Crippen molar-refractivity contribution in [3.63, 3.8) is 0 Å². The van der Waals surface area contributed by atoms with Gasteiger partial charge in [0.1, 0.15) is 0 Å². The van der Waals surface area contributed by atoms with E-state index >= 15 is 0 Å². The fourth-order valence-electron chi connectivity index (χ4n) is 2.33. The summed E-state index contributed by atoms with van der Waals surface area (Å²) in [6, 6.07) is 9.02. The minimum absolute atomic E-state index is 0. The van der Waals surface area contributed by atoms with Gasteiger partial charge in [-0.1, -0.05) is 24.3 Å². The largest absolute Gasteiger partial charge is 0.364 e. The average Bonchev–Trinajstić information content (AvgIpc) is 2.92. The van der Waals surface area contributed by atoms with E-state index in [1.807, 2.05) is 6.07 Å². The van der Waals surface area contributed by atoms with Gasteiger partial charge in [-0.3, -0.25) is 4.79 Å². The van der Waals surface area contributed by atoms with E-state index in [-0.39, 0.29) is 31.3 Å². The number of carbonyl (C=O) groups excluding carboxylic acids is 1. The number of nitrogens with two attached hydrogens (primary N) is 1. The van der Waals surface area contributed by atoms with E-state index in [2.05, 4.69) is 14.7 Å². The summed E-state index contributed by atoms with van der Waals surface area (Å²) < 4.78 is 24.0. The Balaban J connectivity index is 0.00000192. The highest BCUT2D eigenvalue weighted by atomic mass is 35.5. The third kappa shape index (κ3) is 4.05. The summed E-state index contributed by atoms with van der Waals surface area (Å²) >= 11 is 0. The molecular formula is C14H15ClN4O3S. The van der Waals surface area contributed by atoms with Crippen molar-refractivity contribution >= 4 is 34.2 Å². The van der Waals surface area contributed by atoms with E-state index in [4.69, 9.17) is 5.14 Å². The van der Waals surface area contributed by atoms with Crippen molar-refractivity contribution in [2.75, 3.05) is 0 Å². The number of nitrogens with one attached hydrogen (secondary N) is 2. The highest BCUT2D eigenvalue weighted by Crippen LogP contribution is 2.20. The molecule has 0 fully saturated rings. The molecule has 7 nitrogen and oxygen atoms in total. The fraction of sp³-hybridized carbons (Fsp3) is 0.143. The third-order valence-corrected chi connectivity index (χ3v) is 3.90. The number of amides is 1. The van der Waals surface area contributed by atoms with Crippen LogP contribution in [0.3, 0.4) is 0 Å². The molecule has 0 aliphatic carbocycles. The Bertz CT molecular complexity index is 856. The van der Waals surface area contributed by atoms with Crippen LogP contribution in [-0.4, -0.2) is 25.0 Å². The van der Waals surface area contributed by atoms with Crippen LogP contribution in [0, 0.1) is 0 Å². The van der Waals surface area contributed by atoms with Crippen LogP contribution in [-0.2, 0) is 28.0 Å². The lowest BCUT2D eigenvalue weighted by atomic mass is 9.98. The summed E-state index contributed by atoms with van der Waals surface area (Å²) in [4.78, 5) is 18.8. The van der Waals surface area contributed by atoms with Crippen molar-refractivity contribution in [2.45, 2.75) is 13.0 Å². The zero-order valence-electron chi connectivity index (χ0n) is 11.9. The number of carbonyl (C=O) groups is 1. The van der Waals surface area contributed by atoms with E-state index in [0.29, 0.717) is 5.71 Å². The number of aromatic nitrogens is 1. The second kappa shape index (κ2) is 6.63. The Hall–Kier alpha value is -2.00. The lowest BCUT2D eigenvalue weighted by Crippen LogP contribution is -2.30. The SMILES string of the molecule is Cl.NS(=O)(=O)NCc1ccc(C2=NC(=O)Cc3[nH]ccc32)cc1. The van der Waals surface area contributed by atoms with E-state index in [1.165, 1.54) is 0 Å². The number of fused-ring (bicyclic) bond motifs is 1. The summed E-state index contributed by atoms with van der Waals surface area (Å²) in [5.41, 5.74) is 3.95. The van der Waals surface area contributed by atoms with Gasteiger partial charge in [-0.05, 0) is 11.6 Å². The van der Waals surface area contributed by atoms with Crippen molar-refractivity contribution in [1.29, 1.82) is 0 Å². The minimum atomic E-state index is -3.72. The van der Waals surface area contributed by atoms with Gasteiger partial charge in [0.2, 0.25) is 0 Å². The van der Waals surface area contributed by atoms with Gasteiger partial charge in [0.05, 0.1) is 12.1 Å². The zero-order valence-corrected chi connectivity index (χ0v) is 13.6. The van der Waals surface area contributed by atoms with Crippen LogP contribution < -0.4 is 9.86 Å². The Morgan fingerprint density at radius 2 is 1.91 bits per heavy atom. The Morgan fingerprint density at radius 3 is 2.57 bits per heavy atom. The predicted octanol–water partition coefficient (Wildman–Crippen LogP) is 0.650. The summed E-state index contributed by atoms with van der Waals surface area (Å²) in [7, 11) is -3.72. The average molecular weight is 355 g/mol. The van der Waals surface area contributed by atoms with Gasteiger partial charge in [0, 0.05) is 29.6 Å². The normalized spacial score (nSPS) is 14.0. The van der Waals surface area contributed by atoms with Crippen LogP contribution in [0.15, 0.2) is 41.5 Å². The molecule has 1 aromatic carbocycles. The second-order valence-corrected chi connectivity index (χ2v) is 6.34. The Morgan fingerprint density at radius 1 is 1.22 bits per heavy atom. The molecule has 0 spiro atoms. The number of halogens is 1. The number of nitrogens with zero attached hydrogens (tertiary/aromatic N) is 1. The van der Waals surface area contributed by atoms with Crippen molar-refractivity contribution in [2.24, 2.45) is 10.1 Å². The van der Waals surface area contributed by atoms with Crippen LogP contribution in [0.5, 0.6) is 0 Å². The quantitative estimate of drug-likeness (QED) is 0.748. The first-order valence-electron chi connectivity index (χ1n) is 6.57. The Kier molecular flexibility index (Phi) is 5.00. The maximum absolute atomic E-state index is 11.7. The molecule has 122 valence electrons. The topological polar surface area (TPSA) is 117 Å². The molecule has 9 heteroatoms. The van der Waals surface area contributed by atoms with Gasteiger partial charge in [0.15, 0.2) is 0 Å². The van der Waals surface area contributed by atoms with Crippen LogP contribution in [0.1, 0.15) is 22.4 Å². The molecule has 23 heavy (non-hydrogen) atoms. The first-order chi connectivity index (χ1) is 10.4. The van der Waals surface area contributed by atoms with Crippen molar-refractivity contribution in [1.82, 2.24) is 9.71 Å². The number of H-pyrrole nitrogens is 1. The van der Waals surface area contributed by atoms with E-state index in [1.54, 1.807) is 30.5 Å². The molecule has 0 saturated heterocycles. The van der Waals surface area contributed by atoms with Crippen molar-refractivity contribution in [3.05, 3.63) is 58.9 Å². The fourth-order valence-corrected chi connectivity index (χ4v) is 2.70. The molecule has 0 radical (unpaired) electrons. The standard InChI is InChI=1S/C14H14N4O3S.ClH/c15-22(20,21)17-8-9-1-3-10(4-2-9)14-11-5-6-16-12(11)7-13(19)18-14;/h1-6,16-17H,7-8H2,(H2,15,20,21);1H. The smallest absolute Gasteiger partial charge is 0.274 e. The second-order valence-electron chi connectivity index (χ2n) is 4.96. The molecule has 4 N–H and O–H groups in total. The lowest BCUT2D eigenvalue weighted by Gasteiger charge is -2.13. The number of rotatable bonds is 4. The van der Waals surface area contributed by atoms with Crippen LogP contribution >= 0.6 is 12.4 Å². The van der Waals surface area contributed by atoms with E-state index in [9.17, 15) is 13.2 Å². The molecule has 1 amide bonds. The lowest BCUT2D eigenvalue weighted by molar-refractivity contribution is -0.117. The molecule has 0 unspecified atom stereocenters. The molecule has 1 aliphatic heterocycles. The van der Waals surface area contributed by atoms with Gasteiger partial charge in [0.25, 0.3) is 16.1 Å². The molecular weight excluding hydrogens is 340 g/mol. The molecule has 1 aromatic heterocycles. The van der Waals surface area contributed by atoms with Gasteiger partial charge in [-0.2, -0.15) is 13.1 Å². The number of hydrogen-bond donors (Lipinski definition) is 3. The zero-order chi connectivity index (χ0) is 15.7. The first kappa shape index (κ1) is 17.4. The summed E-state index contributed by atoms with van der Waals surface area (Å²) in [6.45, 7) is 0.111. The highest BCUT2D eigenvalue weighted by molar-refractivity contribution is 7.87. The first-order valence-corrected chi connectivity index (χ1v) is 8.12. The molecule has 2 heterocycles. The molecule has 0 atom stereocenters. The Labute approximate surface area is 139 Å². The van der Waals surface area contributed by atoms with Gasteiger partial charge < -0.3 is 4.98 Å². The monoisotopic (exact) mass is 354 g/mol. The number of aromatic amines is 1. The third-order valence-electron chi connectivity index (χ3n) is 3.36. The van der Waals surface area contributed by atoms with Crippen LogP contribution in [0.2, 0.25) is 0 Å². The van der Waals surface area contributed by atoms with E-state index < -0.39 is 10.2 Å². The molecule has 0 saturated carbocycles. The highest BCUT2D eigenvalue weighted by Gasteiger charge is 2.21. The van der Waals surface area contributed by atoms with Gasteiger partial charge >= 0.3 is 0 Å². The number of hydrogen-bond acceptors (Lipinski definition) is 3. The summed E-state index contributed by atoms with van der Waals surface area (Å²) in [6.07, 6.45) is 2.06. The number of benzene rings is 1. The summed E-state index contributed by atoms with van der Waals surface area (Å²) in [5, 5.41) is 4.89. The van der Waals surface area contributed by atoms with Gasteiger partial charge in [-0.15, -0.1) is 12.4 Å². The molecule has 0 bridgehead atoms. The van der Waals surface area contributed by atoms with Gasteiger partial charge in [-0.25, -0.2) is 10.1 Å². The maximum atomic E-state index is 11.7. The molecule has 2 aromatic rings. The van der Waals surface area contributed by atoms with Crippen LogP contribution in [0.25, 0.3) is 0 Å². The van der Waals surface area contributed by atoms with Crippen molar-refractivity contribution in [3.8, 4) is 0 Å². The van der Waals surface area contributed by atoms with E-state index in [0.717, 1.165) is 22.4 Å².